The predicted molar refractivity (Wildman–Crippen MR) is 148 cm³/mol. The number of hydrogen-bond acceptors (Lipinski definition) is 6. The maximum atomic E-state index is 10.9. The molecule has 1 aliphatic rings. The molecule has 0 spiro atoms. The summed E-state index contributed by atoms with van der Waals surface area (Å²) >= 11 is 0. The van der Waals surface area contributed by atoms with Crippen LogP contribution < -0.4 is 33.5 Å². The van der Waals surface area contributed by atoms with Crippen LogP contribution in [0.1, 0.15) is 89.5 Å². The van der Waals surface area contributed by atoms with Gasteiger partial charge in [0.05, 0.1) is 26.3 Å². The van der Waals surface area contributed by atoms with Crippen molar-refractivity contribution < 1.29 is 61.0 Å². The SMILES string of the molecule is COc1cc(C=N[C@@H]2CCCC[C@H]2N=Cc2cc(OC)cc(C(C)(C)C)c2O)c(O)c(C(C)(C)C)c1.[Cr].[I-]. The van der Waals surface area contributed by atoms with Gasteiger partial charge in [0, 0.05) is 52.0 Å². The molecule has 0 heterocycles. The van der Waals surface area contributed by atoms with E-state index in [0.29, 0.717) is 22.6 Å². The van der Waals surface area contributed by atoms with Crippen LogP contribution in [0.4, 0.5) is 0 Å². The molecule has 6 nitrogen and oxygen atoms in total. The fourth-order valence-corrected chi connectivity index (χ4v) is 4.63. The molecule has 0 bridgehead atoms. The summed E-state index contributed by atoms with van der Waals surface area (Å²) in [5, 5.41) is 21.9. The molecule has 3 rings (SSSR count). The molecule has 210 valence electrons. The monoisotopic (exact) mass is 673 g/mol. The Bertz CT molecular complexity index is 1050. The van der Waals surface area contributed by atoms with Crippen LogP contribution in [0, 0.1) is 0 Å². The van der Waals surface area contributed by atoms with Gasteiger partial charge in [0.1, 0.15) is 23.0 Å². The summed E-state index contributed by atoms with van der Waals surface area (Å²) in [5.74, 6) is 1.86. The molecule has 8 heteroatoms. The van der Waals surface area contributed by atoms with Gasteiger partial charge in [-0.1, -0.05) is 54.4 Å². The predicted octanol–water partition coefficient (Wildman–Crippen LogP) is 3.56. The van der Waals surface area contributed by atoms with Gasteiger partial charge in [0.2, 0.25) is 0 Å². The van der Waals surface area contributed by atoms with E-state index in [2.05, 4.69) is 41.5 Å². The van der Waals surface area contributed by atoms with Crippen LogP contribution in [0.3, 0.4) is 0 Å². The fraction of sp³-hybridized carbons (Fsp3) is 0.533. The molecule has 0 unspecified atom stereocenters. The molecule has 0 aliphatic heterocycles. The Morgan fingerprint density at radius 1 is 0.711 bits per heavy atom. The van der Waals surface area contributed by atoms with Crippen molar-refractivity contribution >= 4 is 12.4 Å². The molecule has 0 saturated heterocycles. The number of phenolic OH excluding ortho intramolecular Hbond substituents is 2. The quantitative estimate of drug-likeness (QED) is 0.363. The van der Waals surface area contributed by atoms with Crippen molar-refractivity contribution in [1.82, 2.24) is 0 Å². The van der Waals surface area contributed by atoms with Gasteiger partial charge in [-0.15, -0.1) is 0 Å². The van der Waals surface area contributed by atoms with Gasteiger partial charge in [-0.05, 0) is 47.9 Å². The van der Waals surface area contributed by atoms with Crippen molar-refractivity contribution in [3.8, 4) is 23.0 Å². The van der Waals surface area contributed by atoms with Gasteiger partial charge in [-0.3, -0.25) is 9.98 Å². The third-order valence-corrected chi connectivity index (χ3v) is 6.82. The molecular formula is C30H42CrIN2O4-. The van der Waals surface area contributed by atoms with E-state index in [0.717, 1.165) is 36.8 Å². The molecule has 0 amide bonds. The summed E-state index contributed by atoms with van der Waals surface area (Å²) < 4.78 is 11.0. The summed E-state index contributed by atoms with van der Waals surface area (Å²) in [6.45, 7) is 12.4. The average molecular weight is 674 g/mol. The molecule has 1 aliphatic carbocycles. The number of ether oxygens (including phenoxy) is 2. The minimum absolute atomic E-state index is 0. The first-order valence-corrected chi connectivity index (χ1v) is 12.7. The summed E-state index contributed by atoms with van der Waals surface area (Å²) in [6.07, 6.45) is 7.53. The first-order chi connectivity index (χ1) is 16.8. The summed E-state index contributed by atoms with van der Waals surface area (Å²) in [6, 6.07) is 7.39. The summed E-state index contributed by atoms with van der Waals surface area (Å²) in [7, 11) is 3.26. The van der Waals surface area contributed by atoms with Crippen LogP contribution in [0.2, 0.25) is 0 Å². The largest absolute Gasteiger partial charge is 1.00 e. The third kappa shape index (κ3) is 8.37. The van der Waals surface area contributed by atoms with Gasteiger partial charge in [-0.25, -0.2) is 0 Å². The van der Waals surface area contributed by atoms with Gasteiger partial charge in [0.25, 0.3) is 0 Å². The molecule has 2 atom stereocenters. The molecule has 1 saturated carbocycles. The molecule has 2 aromatic rings. The van der Waals surface area contributed by atoms with E-state index in [-0.39, 0.29) is 75.8 Å². The van der Waals surface area contributed by atoms with E-state index in [9.17, 15) is 10.2 Å². The maximum absolute atomic E-state index is 10.9. The van der Waals surface area contributed by atoms with Gasteiger partial charge in [0.15, 0.2) is 0 Å². The minimum atomic E-state index is -0.233. The Kier molecular flexibility index (Phi) is 12.7. The van der Waals surface area contributed by atoms with Crippen LogP contribution in [-0.2, 0) is 28.2 Å². The van der Waals surface area contributed by atoms with Gasteiger partial charge >= 0.3 is 0 Å². The normalized spacial score (nSPS) is 18.2. The fourth-order valence-electron chi connectivity index (χ4n) is 4.63. The number of benzene rings is 2. The average Bonchev–Trinajstić information content (AvgIpc) is 2.81. The first-order valence-electron chi connectivity index (χ1n) is 12.7. The third-order valence-electron chi connectivity index (χ3n) is 6.82. The Morgan fingerprint density at radius 3 is 1.34 bits per heavy atom. The van der Waals surface area contributed by atoms with Crippen molar-refractivity contribution in [3.63, 3.8) is 0 Å². The van der Waals surface area contributed by atoms with Crippen molar-refractivity contribution in [3.05, 3.63) is 46.5 Å². The van der Waals surface area contributed by atoms with Crippen LogP contribution in [0.5, 0.6) is 23.0 Å². The van der Waals surface area contributed by atoms with E-state index < -0.39 is 0 Å². The number of hydrogen-bond donors (Lipinski definition) is 2. The van der Waals surface area contributed by atoms with Gasteiger partial charge < -0.3 is 43.7 Å². The van der Waals surface area contributed by atoms with Gasteiger partial charge in [-0.2, -0.15) is 0 Å². The minimum Gasteiger partial charge on any atom is -1.00 e. The van der Waals surface area contributed by atoms with Crippen LogP contribution in [0.25, 0.3) is 0 Å². The van der Waals surface area contributed by atoms with E-state index in [1.165, 1.54) is 0 Å². The molecule has 2 N–H and O–H groups in total. The number of halogens is 1. The first kappa shape index (κ1) is 34.3. The molecule has 38 heavy (non-hydrogen) atoms. The van der Waals surface area contributed by atoms with Crippen LogP contribution in [0.15, 0.2) is 34.3 Å². The van der Waals surface area contributed by atoms with Crippen molar-refractivity contribution in [2.75, 3.05) is 14.2 Å². The second-order valence-corrected chi connectivity index (χ2v) is 11.7. The standard InChI is InChI=1S/C30H42N2O4.Cr.HI/c1-29(2,3)23-15-21(35-7)13-19(27(23)33)17-31-25-11-9-10-12-26(25)32-18-20-14-22(36-8)16-24(28(20)34)30(4,5)6;;/h13-18,25-26,33-34H,9-12H2,1-8H3;;1H/p-1/t25-,26-;;/m1../s1. The zero-order valence-electron chi connectivity index (χ0n) is 23.8. The smallest absolute Gasteiger partial charge is 0.128 e. The molecule has 0 aromatic heterocycles. The van der Waals surface area contributed by atoms with E-state index in [1.54, 1.807) is 26.6 Å². The Balaban J connectivity index is 0.00000361. The molecule has 0 radical (unpaired) electrons. The Labute approximate surface area is 256 Å². The number of rotatable bonds is 6. The van der Waals surface area contributed by atoms with E-state index >= 15 is 0 Å². The number of methoxy groups -OCH3 is 2. The zero-order chi connectivity index (χ0) is 26.7. The second kappa shape index (κ2) is 14.0. The van der Waals surface area contributed by atoms with E-state index in [4.69, 9.17) is 19.5 Å². The van der Waals surface area contributed by atoms with E-state index in [1.807, 2.05) is 24.3 Å². The molecule has 1 fully saturated rings. The maximum Gasteiger partial charge on any atom is 0.128 e. The second-order valence-electron chi connectivity index (χ2n) is 11.7. The van der Waals surface area contributed by atoms with Crippen molar-refractivity contribution in [2.24, 2.45) is 9.98 Å². The van der Waals surface area contributed by atoms with Crippen molar-refractivity contribution in [1.29, 1.82) is 0 Å². The van der Waals surface area contributed by atoms with Crippen molar-refractivity contribution in [2.45, 2.75) is 90.1 Å². The Morgan fingerprint density at radius 2 is 1.05 bits per heavy atom. The summed E-state index contributed by atoms with van der Waals surface area (Å²) in [5.41, 5.74) is 2.47. The Hall–Kier alpha value is -1.76. The van der Waals surface area contributed by atoms with Crippen LogP contribution >= 0.6 is 0 Å². The number of nitrogens with zero attached hydrogens (tertiary/aromatic N) is 2. The number of aromatic hydroxyl groups is 2. The summed E-state index contributed by atoms with van der Waals surface area (Å²) in [4.78, 5) is 9.76. The zero-order valence-corrected chi connectivity index (χ0v) is 27.3. The van der Waals surface area contributed by atoms with Crippen LogP contribution in [-0.4, -0.2) is 48.9 Å². The molecule has 2 aromatic carbocycles. The number of aliphatic imine (C=N–C) groups is 2. The molecular weight excluding hydrogens is 631 g/mol. The number of phenols is 2. The topological polar surface area (TPSA) is 83.6 Å².